The molecular formula is C30H37FN4O4S. The molecule has 3 aromatic carbocycles. The highest BCUT2D eigenvalue weighted by Gasteiger charge is 2.35. The Balaban J connectivity index is 2.09. The van der Waals surface area contributed by atoms with Crippen molar-refractivity contribution in [2.24, 2.45) is 0 Å². The van der Waals surface area contributed by atoms with Crippen LogP contribution in [0, 0.1) is 5.82 Å². The Morgan fingerprint density at radius 2 is 1.43 bits per heavy atom. The third-order valence-electron chi connectivity index (χ3n) is 6.61. The number of para-hydroxylation sites is 1. The van der Waals surface area contributed by atoms with Gasteiger partial charge in [-0.15, -0.1) is 0 Å². The SMILES string of the molecule is CC[C@@H](C)NC(=O)[C@@H](Cc1ccccc1)N(Cc1ccccc1)C(=O)CN(c1ccccc1F)S(=O)(=O)N(C)C. The molecule has 0 saturated carbocycles. The van der Waals surface area contributed by atoms with Crippen LogP contribution in [0.5, 0.6) is 0 Å². The average Bonchev–Trinajstić information content (AvgIpc) is 2.94. The van der Waals surface area contributed by atoms with Gasteiger partial charge in [0.15, 0.2) is 0 Å². The molecule has 0 heterocycles. The van der Waals surface area contributed by atoms with Crippen molar-refractivity contribution in [2.45, 2.75) is 45.3 Å². The molecule has 0 aliphatic carbocycles. The minimum absolute atomic E-state index is 0.0538. The Morgan fingerprint density at radius 1 is 0.875 bits per heavy atom. The lowest BCUT2D eigenvalue weighted by atomic mass is 10.0. The summed E-state index contributed by atoms with van der Waals surface area (Å²) >= 11 is 0. The summed E-state index contributed by atoms with van der Waals surface area (Å²) in [4.78, 5) is 29.2. The van der Waals surface area contributed by atoms with Gasteiger partial charge < -0.3 is 10.2 Å². The number of halogens is 1. The summed E-state index contributed by atoms with van der Waals surface area (Å²) < 4.78 is 43.2. The molecule has 0 aromatic heterocycles. The van der Waals surface area contributed by atoms with Crippen LogP contribution in [0.25, 0.3) is 0 Å². The van der Waals surface area contributed by atoms with Crippen molar-refractivity contribution < 1.29 is 22.4 Å². The van der Waals surface area contributed by atoms with E-state index in [0.29, 0.717) is 6.42 Å². The number of hydrogen-bond acceptors (Lipinski definition) is 4. The third-order valence-corrected chi connectivity index (χ3v) is 8.41. The van der Waals surface area contributed by atoms with E-state index in [-0.39, 0.29) is 30.6 Å². The van der Waals surface area contributed by atoms with Crippen molar-refractivity contribution in [1.29, 1.82) is 0 Å². The van der Waals surface area contributed by atoms with Crippen LogP contribution in [-0.2, 0) is 32.8 Å². The zero-order valence-electron chi connectivity index (χ0n) is 23.3. The monoisotopic (exact) mass is 568 g/mol. The first-order valence-corrected chi connectivity index (χ1v) is 14.6. The summed E-state index contributed by atoms with van der Waals surface area (Å²) in [5.74, 6) is -1.78. The van der Waals surface area contributed by atoms with Gasteiger partial charge in [-0.25, -0.2) is 8.70 Å². The maximum absolute atomic E-state index is 14.9. The molecule has 2 atom stereocenters. The highest BCUT2D eigenvalue weighted by Crippen LogP contribution is 2.24. The molecule has 3 aromatic rings. The number of nitrogens with zero attached hydrogens (tertiary/aromatic N) is 3. The maximum Gasteiger partial charge on any atom is 0.304 e. The molecule has 2 amide bonds. The fourth-order valence-corrected chi connectivity index (χ4v) is 5.20. The highest BCUT2D eigenvalue weighted by molar-refractivity contribution is 7.90. The fourth-order valence-electron chi connectivity index (χ4n) is 4.13. The number of amides is 2. The maximum atomic E-state index is 14.9. The Labute approximate surface area is 236 Å². The molecule has 214 valence electrons. The van der Waals surface area contributed by atoms with Gasteiger partial charge in [0, 0.05) is 33.1 Å². The molecule has 0 aliphatic rings. The first-order chi connectivity index (χ1) is 19.0. The van der Waals surface area contributed by atoms with Crippen LogP contribution in [-0.4, -0.2) is 62.2 Å². The molecule has 0 saturated heterocycles. The van der Waals surface area contributed by atoms with E-state index in [1.54, 1.807) is 0 Å². The Kier molecular flexibility index (Phi) is 10.8. The molecule has 10 heteroatoms. The Hall–Kier alpha value is -3.76. The molecular weight excluding hydrogens is 531 g/mol. The van der Waals surface area contributed by atoms with E-state index >= 15 is 0 Å². The van der Waals surface area contributed by atoms with Gasteiger partial charge in [-0.2, -0.15) is 12.7 Å². The van der Waals surface area contributed by atoms with Crippen LogP contribution in [0.15, 0.2) is 84.9 Å². The van der Waals surface area contributed by atoms with E-state index in [0.717, 1.165) is 25.8 Å². The van der Waals surface area contributed by atoms with Crippen molar-refractivity contribution in [3.63, 3.8) is 0 Å². The largest absolute Gasteiger partial charge is 0.352 e. The summed E-state index contributed by atoms with van der Waals surface area (Å²) in [6.07, 6.45) is 0.903. The number of benzene rings is 3. The van der Waals surface area contributed by atoms with E-state index in [2.05, 4.69) is 5.32 Å². The zero-order chi connectivity index (χ0) is 29.3. The summed E-state index contributed by atoms with van der Waals surface area (Å²) in [5.41, 5.74) is 1.34. The molecule has 0 bridgehead atoms. The van der Waals surface area contributed by atoms with Gasteiger partial charge in [-0.1, -0.05) is 79.7 Å². The molecule has 0 fully saturated rings. The van der Waals surface area contributed by atoms with E-state index in [1.807, 2.05) is 74.5 Å². The van der Waals surface area contributed by atoms with Crippen molar-refractivity contribution in [3.05, 3.63) is 102 Å². The summed E-state index contributed by atoms with van der Waals surface area (Å²) in [6, 6.07) is 22.8. The number of rotatable bonds is 13. The van der Waals surface area contributed by atoms with Crippen LogP contribution < -0.4 is 9.62 Å². The quantitative estimate of drug-likeness (QED) is 0.338. The second-order valence-corrected chi connectivity index (χ2v) is 11.8. The number of anilines is 1. The van der Waals surface area contributed by atoms with Crippen molar-refractivity contribution >= 4 is 27.7 Å². The van der Waals surface area contributed by atoms with E-state index in [4.69, 9.17) is 0 Å². The van der Waals surface area contributed by atoms with Gasteiger partial charge in [-0.3, -0.25) is 9.59 Å². The van der Waals surface area contributed by atoms with Crippen molar-refractivity contribution in [2.75, 3.05) is 24.9 Å². The number of carbonyl (C=O) groups is 2. The predicted octanol–water partition coefficient (Wildman–Crippen LogP) is 3.99. The minimum atomic E-state index is -4.27. The first kappa shape index (κ1) is 30.8. The standard InChI is InChI=1S/C30H37FN4O4S/c1-5-23(2)32-30(37)28(20-24-14-8-6-9-15-24)34(21-25-16-10-7-11-17-25)29(36)22-35(40(38,39)33(3)4)27-19-13-12-18-26(27)31/h6-19,23,28H,5,20-22H2,1-4H3,(H,32,37)/t23-,28-/m1/s1. The normalized spacial score (nSPS) is 12.9. The number of nitrogens with one attached hydrogen (secondary N) is 1. The van der Waals surface area contributed by atoms with E-state index < -0.39 is 34.5 Å². The minimum Gasteiger partial charge on any atom is -0.352 e. The van der Waals surface area contributed by atoms with E-state index in [1.165, 1.54) is 37.2 Å². The molecule has 40 heavy (non-hydrogen) atoms. The second kappa shape index (κ2) is 14.0. The van der Waals surface area contributed by atoms with Crippen LogP contribution in [0.2, 0.25) is 0 Å². The molecule has 8 nitrogen and oxygen atoms in total. The lowest BCUT2D eigenvalue weighted by Crippen LogP contribution is -2.55. The first-order valence-electron chi connectivity index (χ1n) is 13.2. The summed E-state index contributed by atoms with van der Waals surface area (Å²) in [6.45, 7) is 3.18. The van der Waals surface area contributed by atoms with Crippen LogP contribution in [0.4, 0.5) is 10.1 Å². The predicted molar refractivity (Wildman–Crippen MR) is 155 cm³/mol. The lowest BCUT2D eigenvalue weighted by Gasteiger charge is -2.35. The van der Waals surface area contributed by atoms with Crippen molar-refractivity contribution in [1.82, 2.24) is 14.5 Å². The van der Waals surface area contributed by atoms with Crippen LogP contribution in [0.1, 0.15) is 31.4 Å². The lowest BCUT2D eigenvalue weighted by molar-refractivity contribution is -0.140. The molecule has 0 radical (unpaired) electrons. The van der Waals surface area contributed by atoms with Gasteiger partial charge in [-0.05, 0) is 36.6 Å². The van der Waals surface area contributed by atoms with Crippen LogP contribution in [0.3, 0.4) is 0 Å². The van der Waals surface area contributed by atoms with Gasteiger partial charge in [0.05, 0.1) is 5.69 Å². The molecule has 0 unspecified atom stereocenters. The number of carbonyl (C=O) groups excluding carboxylic acids is 2. The smallest absolute Gasteiger partial charge is 0.304 e. The zero-order valence-corrected chi connectivity index (χ0v) is 24.1. The van der Waals surface area contributed by atoms with Gasteiger partial charge in [0.25, 0.3) is 0 Å². The third kappa shape index (κ3) is 7.89. The van der Waals surface area contributed by atoms with Gasteiger partial charge >= 0.3 is 10.2 Å². The Morgan fingerprint density at radius 3 is 1.98 bits per heavy atom. The Bertz CT molecular complexity index is 1370. The van der Waals surface area contributed by atoms with E-state index in [9.17, 15) is 22.4 Å². The second-order valence-electron chi connectivity index (χ2n) is 9.78. The van der Waals surface area contributed by atoms with Crippen LogP contribution >= 0.6 is 0 Å². The van der Waals surface area contributed by atoms with Crippen molar-refractivity contribution in [3.8, 4) is 0 Å². The molecule has 1 N–H and O–H groups in total. The summed E-state index contributed by atoms with van der Waals surface area (Å²) in [7, 11) is -1.64. The topological polar surface area (TPSA) is 90.0 Å². The average molecular weight is 569 g/mol. The molecule has 3 rings (SSSR count). The fraction of sp³-hybridized carbons (Fsp3) is 0.333. The molecule has 0 aliphatic heterocycles. The van der Waals surface area contributed by atoms with Gasteiger partial charge in [0.1, 0.15) is 18.4 Å². The highest BCUT2D eigenvalue weighted by atomic mass is 32.2. The number of hydrogen-bond donors (Lipinski definition) is 1. The molecule has 0 spiro atoms. The summed E-state index contributed by atoms with van der Waals surface area (Å²) in [5, 5.41) is 2.98. The van der Waals surface area contributed by atoms with Gasteiger partial charge in [0.2, 0.25) is 11.8 Å².